The molecule has 1 amide bonds. The van der Waals surface area contributed by atoms with Crippen molar-refractivity contribution in [3.05, 3.63) is 66.1 Å². The molecule has 3 heterocycles. The topological polar surface area (TPSA) is 103 Å². The summed E-state index contributed by atoms with van der Waals surface area (Å²) in [6, 6.07) is 14.9. The van der Waals surface area contributed by atoms with Gasteiger partial charge in [0.2, 0.25) is 11.8 Å². The maximum absolute atomic E-state index is 13.2. The second kappa shape index (κ2) is 7.15. The molecular formula is C20H20N6O2. The monoisotopic (exact) mass is 376 g/mol. The van der Waals surface area contributed by atoms with Gasteiger partial charge in [0, 0.05) is 18.7 Å². The maximum atomic E-state index is 13.2. The van der Waals surface area contributed by atoms with Gasteiger partial charge in [0.25, 0.3) is 5.91 Å². The lowest BCUT2D eigenvalue weighted by Crippen LogP contribution is -2.37. The van der Waals surface area contributed by atoms with Crippen LogP contribution in [0.15, 0.2) is 59.2 Å². The molecule has 4 rings (SSSR count). The van der Waals surface area contributed by atoms with Gasteiger partial charge in [-0.25, -0.2) is 9.97 Å². The summed E-state index contributed by atoms with van der Waals surface area (Å²) in [5.74, 6) is 0.780. The highest BCUT2D eigenvalue weighted by Gasteiger charge is 2.23. The first kappa shape index (κ1) is 17.7. The van der Waals surface area contributed by atoms with Gasteiger partial charge in [-0.3, -0.25) is 4.79 Å². The number of fused-ring (bicyclic) bond motifs is 1. The van der Waals surface area contributed by atoms with Crippen LogP contribution in [-0.2, 0) is 6.54 Å². The van der Waals surface area contributed by atoms with E-state index in [9.17, 15) is 4.79 Å². The molecule has 0 saturated carbocycles. The second-order valence-electron chi connectivity index (χ2n) is 6.69. The van der Waals surface area contributed by atoms with Crippen LogP contribution in [0.25, 0.3) is 17.2 Å². The van der Waals surface area contributed by atoms with Crippen molar-refractivity contribution in [3.63, 3.8) is 0 Å². The number of carbonyl (C=O) groups is 1. The van der Waals surface area contributed by atoms with Crippen LogP contribution in [0.5, 0.6) is 0 Å². The van der Waals surface area contributed by atoms with Gasteiger partial charge in [-0.2, -0.15) is 4.52 Å². The largest absolute Gasteiger partial charge is 0.461 e. The predicted molar refractivity (Wildman–Crippen MR) is 104 cm³/mol. The number of carbonyl (C=O) groups excluding carboxylic acids is 1. The zero-order chi connectivity index (χ0) is 19.7. The number of aromatic nitrogens is 4. The highest BCUT2D eigenvalue weighted by molar-refractivity contribution is 5.93. The molecule has 0 spiro atoms. The molecule has 0 bridgehead atoms. The summed E-state index contributed by atoms with van der Waals surface area (Å²) in [4.78, 5) is 23.6. The zero-order valence-corrected chi connectivity index (χ0v) is 15.6. The summed E-state index contributed by atoms with van der Waals surface area (Å²) >= 11 is 0. The standard InChI is InChI=1S/C20H20N6O2/c1-13(2)25(12-14-7-4-3-5-8-14)19(27)15-11-17-23-18(16-9-6-10-28-16)24-26(17)20(21)22-15/h3-11,13H,12H2,1-2H3,(H2,21,22). The normalized spacial score (nSPS) is 11.2. The summed E-state index contributed by atoms with van der Waals surface area (Å²) in [6.07, 6.45) is 1.54. The molecule has 0 radical (unpaired) electrons. The number of amides is 1. The van der Waals surface area contributed by atoms with Crippen molar-refractivity contribution in [2.24, 2.45) is 0 Å². The molecular weight excluding hydrogens is 356 g/mol. The van der Waals surface area contributed by atoms with Gasteiger partial charge in [0.15, 0.2) is 11.4 Å². The minimum atomic E-state index is -0.212. The average Bonchev–Trinajstić information content (AvgIpc) is 3.35. The van der Waals surface area contributed by atoms with E-state index in [4.69, 9.17) is 10.2 Å². The van der Waals surface area contributed by atoms with E-state index >= 15 is 0 Å². The Balaban J connectivity index is 1.69. The molecule has 4 aromatic rings. The van der Waals surface area contributed by atoms with Gasteiger partial charge >= 0.3 is 0 Å². The van der Waals surface area contributed by atoms with Crippen molar-refractivity contribution in [1.82, 2.24) is 24.5 Å². The minimum absolute atomic E-state index is 0.0106. The Morgan fingerprint density at radius 1 is 1.18 bits per heavy atom. The van der Waals surface area contributed by atoms with Crippen molar-refractivity contribution >= 4 is 17.5 Å². The van der Waals surface area contributed by atoms with Gasteiger partial charge < -0.3 is 15.1 Å². The van der Waals surface area contributed by atoms with Crippen molar-refractivity contribution in [2.75, 3.05) is 5.73 Å². The summed E-state index contributed by atoms with van der Waals surface area (Å²) in [6.45, 7) is 4.41. The molecule has 1 aromatic carbocycles. The van der Waals surface area contributed by atoms with E-state index < -0.39 is 0 Å². The Labute approximate surface area is 161 Å². The molecule has 3 aromatic heterocycles. The quantitative estimate of drug-likeness (QED) is 0.574. The van der Waals surface area contributed by atoms with E-state index in [0.717, 1.165) is 5.56 Å². The predicted octanol–water partition coefficient (Wildman–Crippen LogP) is 3.02. The minimum Gasteiger partial charge on any atom is -0.461 e. The maximum Gasteiger partial charge on any atom is 0.273 e. The van der Waals surface area contributed by atoms with Gasteiger partial charge in [-0.15, -0.1) is 5.10 Å². The van der Waals surface area contributed by atoms with Crippen molar-refractivity contribution < 1.29 is 9.21 Å². The number of nitrogens with two attached hydrogens (primary N) is 1. The lowest BCUT2D eigenvalue weighted by Gasteiger charge is -2.26. The first-order valence-corrected chi connectivity index (χ1v) is 8.95. The number of anilines is 1. The number of furan rings is 1. The smallest absolute Gasteiger partial charge is 0.273 e. The lowest BCUT2D eigenvalue weighted by atomic mass is 10.1. The highest BCUT2D eigenvalue weighted by Crippen LogP contribution is 2.19. The fourth-order valence-electron chi connectivity index (χ4n) is 2.95. The fraction of sp³-hybridized carbons (Fsp3) is 0.200. The van der Waals surface area contributed by atoms with Crippen LogP contribution in [0.1, 0.15) is 29.9 Å². The molecule has 0 aliphatic carbocycles. The summed E-state index contributed by atoms with van der Waals surface area (Å²) < 4.78 is 6.72. The molecule has 0 saturated heterocycles. The third-order valence-corrected chi connectivity index (χ3v) is 4.39. The number of benzene rings is 1. The fourth-order valence-corrected chi connectivity index (χ4v) is 2.95. The van der Waals surface area contributed by atoms with Crippen LogP contribution in [-0.4, -0.2) is 36.4 Å². The van der Waals surface area contributed by atoms with Crippen LogP contribution < -0.4 is 5.73 Å². The van der Waals surface area contributed by atoms with Crippen molar-refractivity contribution in [2.45, 2.75) is 26.4 Å². The van der Waals surface area contributed by atoms with E-state index in [2.05, 4.69) is 15.1 Å². The third-order valence-electron chi connectivity index (χ3n) is 4.39. The van der Waals surface area contributed by atoms with Crippen LogP contribution in [0.3, 0.4) is 0 Å². The van der Waals surface area contributed by atoms with E-state index in [0.29, 0.717) is 23.8 Å². The molecule has 0 aliphatic heterocycles. The Morgan fingerprint density at radius 2 is 1.96 bits per heavy atom. The average molecular weight is 376 g/mol. The zero-order valence-electron chi connectivity index (χ0n) is 15.6. The molecule has 142 valence electrons. The molecule has 28 heavy (non-hydrogen) atoms. The van der Waals surface area contributed by atoms with Crippen molar-refractivity contribution in [3.8, 4) is 11.6 Å². The Kier molecular flexibility index (Phi) is 4.52. The molecule has 0 aliphatic rings. The van der Waals surface area contributed by atoms with Gasteiger partial charge in [-0.05, 0) is 31.5 Å². The Bertz CT molecular complexity index is 1100. The summed E-state index contributed by atoms with van der Waals surface area (Å²) in [5.41, 5.74) is 7.75. The highest BCUT2D eigenvalue weighted by atomic mass is 16.3. The number of nitrogens with zero attached hydrogens (tertiary/aromatic N) is 5. The molecule has 2 N–H and O–H groups in total. The number of rotatable bonds is 5. The number of hydrogen-bond acceptors (Lipinski definition) is 6. The molecule has 0 fully saturated rings. The molecule has 8 nitrogen and oxygen atoms in total. The molecule has 8 heteroatoms. The molecule has 0 unspecified atom stereocenters. The van der Waals surface area contributed by atoms with Crippen LogP contribution in [0.2, 0.25) is 0 Å². The third kappa shape index (κ3) is 3.32. The first-order chi connectivity index (χ1) is 13.5. The lowest BCUT2D eigenvalue weighted by molar-refractivity contribution is 0.0684. The number of hydrogen-bond donors (Lipinski definition) is 1. The molecule has 0 atom stereocenters. The van der Waals surface area contributed by atoms with E-state index in [1.54, 1.807) is 29.4 Å². The van der Waals surface area contributed by atoms with Gasteiger partial charge in [0.05, 0.1) is 6.26 Å². The van der Waals surface area contributed by atoms with E-state index in [-0.39, 0.29) is 23.6 Å². The SMILES string of the molecule is CC(C)N(Cc1ccccc1)C(=O)c1cc2nc(-c3ccco3)nn2c(N)n1. The summed E-state index contributed by atoms with van der Waals surface area (Å²) in [7, 11) is 0. The van der Waals surface area contributed by atoms with Gasteiger partial charge in [-0.1, -0.05) is 30.3 Å². The van der Waals surface area contributed by atoms with E-state index in [1.807, 2.05) is 44.2 Å². The Hall–Kier alpha value is -3.68. The first-order valence-electron chi connectivity index (χ1n) is 8.95. The van der Waals surface area contributed by atoms with Crippen molar-refractivity contribution in [1.29, 1.82) is 0 Å². The second-order valence-corrected chi connectivity index (χ2v) is 6.69. The van der Waals surface area contributed by atoms with Gasteiger partial charge in [0.1, 0.15) is 5.69 Å². The van der Waals surface area contributed by atoms with Crippen LogP contribution >= 0.6 is 0 Å². The van der Waals surface area contributed by atoms with E-state index in [1.165, 1.54) is 4.52 Å². The summed E-state index contributed by atoms with van der Waals surface area (Å²) in [5, 5.41) is 4.30. The van der Waals surface area contributed by atoms with Crippen LogP contribution in [0, 0.1) is 0 Å². The van der Waals surface area contributed by atoms with Crippen LogP contribution in [0.4, 0.5) is 5.95 Å². The number of nitrogen functional groups attached to an aromatic ring is 1. The Morgan fingerprint density at radius 3 is 2.64 bits per heavy atom.